The SMILES string of the molecule is c1ccc(-c2cc(-c3ccccc3)nc(-c3ccc(-n4c5ccccc5c5c6c(ccc54)sc4ccccc46)c(-c4cc(-c5ccccc5)nc(-c5ccccc5)n4)c3)c2)cc1. The first-order valence-corrected chi connectivity index (χ1v) is 21.7. The van der Waals surface area contributed by atoms with Crippen LogP contribution in [0.1, 0.15) is 0 Å². The highest BCUT2D eigenvalue weighted by Crippen LogP contribution is 2.45. The van der Waals surface area contributed by atoms with Crippen LogP contribution in [-0.4, -0.2) is 19.5 Å². The Morgan fingerprint density at radius 1 is 0.323 bits per heavy atom. The molecule has 5 heteroatoms. The molecule has 0 atom stereocenters. The predicted octanol–water partition coefficient (Wildman–Crippen LogP) is 15.3. The number of pyridine rings is 1. The molecule has 0 radical (unpaired) electrons. The van der Waals surface area contributed by atoms with Gasteiger partial charge in [-0.05, 0) is 65.7 Å². The van der Waals surface area contributed by atoms with Crippen molar-refractivity contribution in [2.75, 3.05) is 0 Å². The Kier molecular flexibility index (Phi) is 8.65. The molecule has 0 N–H and O–H groups in total. The van der Waals surface area contributed by atoms with E-state index in [4.69, 9.17) is 15.0 Å². The molecule has 290 valence electrons. The second kappa shape index (κ2) is 14.9. The van der Waals surface area contributed by atoms with Gasteiger partial charge in [0.1, 0.15) is 0 Å². The summed E-state index contributed by atoms with van der Waals surface area (Å²) >= 11 is 1.85. The summed E-state index contributed by atoms with van der Waals surface area (Å²) in [7, 11) is 0. The van der Waals surface area contributed by atoms with Crippen molar-refractivity contribution in [2.45, 2.75) is 0 Å². The van der Waals surface area contributed by atoms with Crippen LogP contribution in [0.15, 0.2) is 218 Å². The van der Waals surface area contributed by atoms with Crippen molar-refractivity contribution < 1.29 is 0 Å². The minimum Gasteiger partial charge on any atom is -0.309 e. The van der Waals surface area contributed by atoms with E-state index in [0.29, 0.717) is 5.82 Å². The molecule has 4 aromatic heterocycles. The maximum absolute atomic E-state index is 5.43. The van der Waals surface area contributed by atoms with E-state index in [1.807, 2.05) is 41.7 Å². The molecule has 0 bridgehead atoms. The van der Waals surface area contributed by atoms with Gasteiger partial charge in [-0.3, -0.25) is 0 Å². The third kappa shape index (κ3) is 6.18. The van der Waals surface area contributed by atoms with E-state index in [2.05, 4.69) is 193 Å². The fourth-order valence-electron chi connectivity index (χ4n) is 8.92. The highest BCUT2D eigenvalue weighted by atomic mass is 32.1. The van der Waals surface area contributed by atoms with Crippen molar-refractivity contribution in [2.24, 2.45) is 0 Å². The van der Waals surface area contributed by atoms with Crippen LogP contribution >= 0.6 is 11.3 Å². The summed E-state index contributed by atoms with van der Waals surface area (Å²) in [5.41, 5.74) is 14.0. The third-order valence-electron chi connectivity index (χ3n) is 11.8. The first kappa shape index (κ1) is 35.9. The largest absolute Gasteiger partial charge is 0.309 e. The number of rotatable bonds is 7. The van der Waals surface area contributed by atoms with Gasteiger partial charge >= 0.3 is 0 Å². The highest BCUT2D eigenvalue weighted by molar-refractivity contribution is 7.26. The topological polar surface area (TPSA) is 43.6 Å². The van der Waals surface area contributed by atoms with E-state index in [9.17, 15) is 0 Å². The molecule has 0 spiro atoms. The van der Waals surface area contributed by atoms with Crippen LogP contribution in [0.5, 0.6) is 0 Å². The first-order valence-electron chi connectivity index (χ1n) is 20.8. The van der Waals surface area contributed by atoms with Crippen LogP contribution in [-0.2, 0) is 0 Å². The molecule has 4 nitrogen and oxygen atoms in total. The van der Waals surface area contributed by atoms with Crippen molar-refractivity contribution in [1.29, 1.82) is 0 Å². The standard InChI is InChI=1S/C57H36N4S/c1-5-17-37(18-6-1)42-34-46(38-19-7-2-8-20-38)58-47(35-42)41-29-30-51(45(33-41)49-36-48(39-21-9-3-10-22-39)59-57(60-49)40-23-11-4-12-24-40)61-50-27-15-13-25-43(50)55-52(61)31-32-54-56(55)44-26-14-16-28-53(44)62-54/h1-36H. The Hall–Kier alpha value is -7.99. The van der Waals surface area contributed by atoms with E-state index < -0.39 is 0 Å². The molecule has 8 aromatic carbocycles. The molecule has 0 aliphatic carbocycles. The van der Waals surface area contributed by atoms with Crippen LogP contribution in [0.4, 0.5) is 0 Å². The van der Waals surface area contributed by atoms with Gasteiger partial charge in [0, 0.05) is 58.8 Å². The second-order valence-electron chi connectivity index (χ2n) is 15.6. The number of fused-ring (bicyclic) bond motifs is 7. The minimum atomic E-state index is 0.669. The molecule has 4 heterocycles. The molecule has 0 amide bonds. The maximum Gasteiger partial charge on any atom is 0.160 e. The number of hydrogen-bond donors (Lipinski definition) is 0. The van der Waals surface area contributed by atoms with Crippen molar-refractivity contribution in [3.63, 3.8) is 0 Å². The molecule has 0 fully saturated rings. The van der Waals surface area contributed by atoms with Gasteiger partial charge < -0.3 is 4.57 Å². The fraction of sp³-hybridized carbons (Fsp3) is 0. The van der Waals surface area contributed by atoms with Crippen molar-refractivity contribution >= 4 is 53.3 Å². The number of thiophene rings is 1. The number of benzene rings is 8. The van der Waals surface area contributed by atoms with Crippen LogP contribution in [0.3, 0.4) is 0 Å². The Labute approximate surface area is 362 Å². The van der Waals surface area contributed by atoms with Crippen molar-refractivity contribution in [1.82, 2.24) is 19.5 Å². The highest BCUT2D eigenvalue weighted by Gasteiger charge is 2.22. The number of aromatic nitrogens is 4. The number of nitrogens with zero attached hydrogens (tertiary/aromatic N) is 4. The monoisotopic (exact) mass is 808 g/mol. The quantitative estimate of drug-likeness (QED) is 0.161. The van der Waals surface area contributed by atoms with Gasteiger partial charge in [-0.1, -0.05) is 164 Å². The zero-order valence-electron chi connectivity index (χ0n) is 33.5. The van der Waals surface area contributed by atoms with Crippen LogP contribution in [0, 0.1) is 0 Å². The molecule has 62 heavy (non-hydrogen) atoms. The normalized spacial score (nSPS) is 11.5. The van der Waals surface area contributed by atoms with E-state index in [-0.39, 0.29) is 0 Å². The molecule has 0 aliphatic rings. The lowest BCUT2D eigenvalue weighted by molar-refractivity contribution is 1.15. The summed E-state index contributed by atoms with van der Waals surface area (Å²) in [6.45, 7) is 0. The van der Waals surface area contributed by atoms with Gasteiger partial charge in [0.2, 0.25) is 0 Å². The zero-order chi connectivity index (χ0) is 41.0. The fourth-order valence-corrected chi connectivity index (χ4v) is 10.0. The summed E-state index contributed by atoms with van der Waals surface area (Å²) in [4.78, 5) is 16.0. The summed E-state index contributed by atoms with van der Waals surface area (Å²) in [5.74, 6) is 0.669. The lowest BCUT2D eigenvalue weighted by Crippen LogP contribution is -2.02. The molecule has 12 aromatic rings. The molecule has 0 saturated heterocycles. The van der Waals surface area contributed by atoms with Gasteiger partial charge in [-0.25, -0.2) is 15.0 Å². The Morgan fingerprint density at radius 3 is 1.60 bits per heavy atom. The van der Waals surface area contributed by atoms with Gasteiger partial charge in [0.25, 0.3) is 0 Å². The lowest BCUT2D eigenvalue weighted by Gasteiger charge is -2.17. The van der Waals surface area contributed by atoms with Crippen molar-refractivity contribution in [3.8, 4) is 73.2 Å². The van der Waals surface area contributed by atoms with E-state index >= 15 is 0 Å². The first-order chi connectivity index (χ1) is 30.7. The summed E-state index contributed by atoms with van der Waals surface area (Å²) in [5, 5.41) is 5.05. The van der Waals surface area contributed by atoms with Crippen LogP contribution in [0.25, 0.3) is 115 Å². The predicted molar refractivity (Wildman–Crippen MR) is 260 cm³/mol. The lowest BCUT2D eigenvalue weighted by atomic mass is 9.97. The molecule has 0 saturated carbocycles. The van der Waals surface area contributed by atoms with Gasteiger partial charge in [0.15, 0.2) is 5.82 Å². The Bertz CT molecular complexity index is 3500. The van der Waals surface area contributed by atoms with E-state index in [0.717, 1.165) is 78.4 Å². The minimum absolute atomic E-state index is 0.669. The number of hydrogen-bond acceptors (Lipinski definition) is 4. The smallest absolute Gasteiger partial charge is 0.160 e. The van der Waals surface area contributed by atoms with Gasteiger partial charge in [-0.2, -0.15) is 0 Å². The Morgan fingerprint density at radius 2 is 0.887 bits per heavy atom. The number of para-hydroxylation sites is 1. The summed E-state index contributed by atoms with van der Waals surface area (Å²) in [6, 6.07) is 77.2. The van der Waals surface area contributed by atoms with Crippen LogP contribution < -0.4 is 0 Å². The van der Waals surface area contributed by atoms with Gasteiger partial charge in [-0.15, -0.1) is 11.3 Å². The molecular formula is C57H36N4S. The molecule has 0 aliphatic heterocycles. The van der Waals surface area contributed by atoms with Gasteiger partial charge in [0.05, 0.1) is 39.5 Å². The summed E-state index contributed by atoms with van der Waals surface area (Å²) in [6.07, 6.45) is 0. The van der Waals surface area contributed by atoms with Crippen LogP contribution in [0.2, 0.25) is 0 Å². The average Bonchev–Trinajstić information content (AvgIpc) is 3.90. The average molecular weight is 809 g/mol. The summed E-state index contributed by atoms with van der Waals surface area (Å²) < 4.78 is 5.01. The Balaban J connectivity index is 1.17. The second-order valence-corrected chi connectivity index (χ2v) is 16.7. The molecular weight excluding hydrogens is 773 g/mol. The zero-order valence-corrected chi connectivity index (χ0v) is 34.3. The van der Waals surface area contributed by atoms with E-state index in [1.165, 1.54) is 30.9 Å². The molecule has 0 unspecified atom stereocenters. The molecule has 12 rings (SSSR count). The van der Waals surface area contributed by atoms with Crippen molar-refractivity contribution in [3.05, 3.63) is 218 Å². The van der Waals surface area contributed by atoms with E-state index in [1.54, 1.807) is 0 Å². The maximum atomic E-state index is 5.43. The third-order valence-corrected chi connectivity index (χ3v) is 13.0.